The van der Waals surface area contributed by atoms with Crippen molar-refractivity contribution in [1.82, 2.24) is 10.3 Å². The molecule has 3 heterocycles. The summed E-state index contributed by atoms with van der Waals surface area (Å²) in [6.45, 7) is 4.15. The number of anilines is 1. The number of rotatable bonds is 4. The predicted molar refractivity (Wildman–Crippen MR) is 128 cm³/mol. The number of furan rings is 1. The van der Waals surface area contributed by atoms with Crippen LogP contribution in [-0.2, 0) is 0 Å². The van der Waals surface area contributed by atoms with Gasteiger partial charge in [0.25, 0.3) is 0 Å². The molecule has 0 amide bonds. The molecule has 5 rings (SSSR count). The fraction of sp³-hybridized carbons (Fsp3) is 0.154. The fourth-order valence-corrected chi connectivity index (χ4v) is 4.64. The van der Waals surface area contributed by atoms with Gasteiger partial charge in [-0.05, 0) is 97.9 Å². The highest BCUT2D eigenvalue weighted by Crippen LogP contribution is 2.43. The molecule has 0 bridgehead atoms. The first-order valence-electron chi connectivity index (χ1n) is 10.4. The van der Waals surface area contributed by atoms with Gasteiger partial charge in [0.05, 0.1) is 11.7 Å². The van der Waals surface area contributed by atoms with Crippen LogP contribution < -0.4 is 10.2 Å². The van der Waals surface area contributed by atoms with Gasteiger partial charge in [0.1, 0.15) is 23.4 Å². The number of pyridine rings is 1. The second-order valence-electron chi connectivity index (χ2n) is 8.05. The highest BCUT2D eigenvalue weighted by Gasteiger charge is 2.42. The van der Waals surface area contributed by atoms with Crippen molar-refractivity contribution in [3.05, 3.63) is 107 Å². The van der Waals surface area contributed by atoms with Crippen LogP contribution in [0.4, 0.5) is 10.1 Å². The molecule has 0 unspecified atom stereocenters. The van der Waals surface area contributed by atoms with Crippen LogP contribution in [0.25, 0.3) is 11.3 Å². The molecule has 6 heteroatoms. The van der Waals surface area contributed by atoms with Gasteiger partial charge in [-0.2, -0.15) is 0 Å². The summed E-state index contributed by atoms with van der Waals surface area (Å²) in [4.78, 5) is 6.68. The first-order chi connectivity index (χ1) is 15.5. The Balaban J connectivity index is 1.61. The Bertz CT molecular complexity index is 1250. The van der Waals surface area contributed by atoms with Crippen LogP contribution in [-0.4, -0.2) is 10.1 Å². The van der Waals surface area contributed by atoms with Crippen molar-refractivity contribution < 1.29 is 8.81 Å². The summed E-state index contributed by atoms with van der Waals surface area (Å²) in [6, 6.07) is 22.0. The van der Waals surface area contributed by atoms with E-state index < -0.39 is 0 Å². The molecule has 0 saturated carbocycles. The zero-order valence-electron chi connectivity index (χ0n) is 17.7. The third kappa shape index (κ3) is 3.78. The predicted octanol–water partition coefficient (Wildman–Crippen LogP) is 6.27. The van der Waals surface area contributed by atoms with Crippen molar-refractivity contribution in [2.45, 2.75) is 25.9 Å². The smallest absolute Gasteiger partial charge is 0.174 e. The molecule has 160 valence electrons. The maximum absolute atomic E-state index is 13.4. The number of aromatic nitrogens is 1. The van der Waals surface area contributed by atoms with Crippen molar-refractivity contribution in [2.75, 3.05) is 4.90 Å². The van der Waals surface area contributed by atoms with Gasteiger partial charge in [0.2, 0.25) is 0 Å². The number of nitrogens with zero attached hydrogens (tertiary/aromatic N) is 2. The van der Waals surface area contributed by atoms with Crippen LogP contribution >= 0.6 is 12.2 Å². The lowest BCUT2D eigenvalue weighted by molar-refractivity contribution is 0.439. The number of hydrogen-bond acceptors (Lipinski definition) is 3. The molecular weight excluding hydrogens is 421 g/mol. The van der Waals surface area contributed by atoms with Crippen molar-refractivity contribution >= 4 is 23.0 Å². The van der Waals surface area contributed by atoms with E-state index in [1.807, 2.05) is 30.3 Å². The minimum atomic E-state index is -0.276. The Kier molecular flexibility index (Phi) is 5.23. The maximum Gasteiger partial charge on any atom is 0.174 e. The maximum atomic E-state index is 13.4. The Morgan fingerprint density at radius 3 is 2.41 bits per heavy atom. The molecule has 2 aromatic heterocycles. The van der Waals surface area contributed by atoms with Crippen molar-refractivity contribution in [3.63, 3.8) is 0 Å². The van der Waals surface area contributed by atoms with E-state index in [0.717, 1.165) is 33.8 Å². The zero-order chi connectivity index (χ0) is 22.2. The summed E-state index contributed by atoms with van der Waals surface area (Å²) in [5.41, 5.74) is 5.02. The van der Waals surface area contributed by atoms with Gasteiger partial charge >= 0.3 is 0 Å². The van der Waals surface area contributed by atoms with Gasteiger partial charge in [0, 0.05) is 17.4 Å². The number of halogens is 1. The molecule has 1 saturated heterocycles. The van der Waals surface area contributed by atoms with Crippen LogP contribution in [0, 0.1) is 19.7 Å². The molecule has 1 N–H and O–H groups in total. The number of hydrogen-bond donors (Lipinski definition) is 1. The average Bonchev–Trinajstić information content (AvgIpc) is 3.39. The van der Waals surface area contributed by atoms with Crippen LogP contribution in [0.15, 0.2) is 83.4 Å². The van der Waals surface area contributed by atoms with E-state index in [9.17, 15) is 4.39 Å². The van der Waals surface area contributed by atoms with Crippen LogP contribution in [0.2, 0.25) is 0 Å². The first kappa shape index (κ1) is 20.4. The van der Waals surface area contributed by atoms with E-state index in [4.69, 9.17) is 16.6 Å². The molecule has 0 radical (unpaired) electrons. The molecule has 32 heavy (non-hydrogen) atoms. The first-order valence-corrected chi connectivity index (χ1v) is 10.8. The average molecular weight is 444 g/mol. The van der Waals surface area contributed by atoms with Crippen molar-refractivity contribution in [2.24, 2.45) is 0 Å². The molecule has 1 fully saturated rings. The van der Waals surface area contributed by atoms with Gasteiger partial charge < -0.3 is 14.6 Å². The van der Waals surface area contributed by atoms with Gasteiger partial charge in [-0.3, -0.25) is 4.98 Å². The molecule has 1 aliphatic heterocycles. The number of aryl methyl sites for hydroxylation is 2. The van der Waals surface area contributed by atoms with Crippen molar-refractivity contribution in [3.8, 4) is 11.3 Å². The zero-order valence-corrected chi connectivity index (χ0v) is 18.6. The number of thiocarbonyl (C=S) groups is 1. The van der Waals surface area contributed by atoms with Gasteiger partial charge in [-0.1, -0.05) is 12.1 Å². The minimum absolute atomic E-state index is 0.184. The van der Waals surface area contributed by atoms with E-state index in [1.54, 1.807) is 18.3 Å². The third-order valence-corrected chi connectivity index (χ3v) is 5.94. The third-order valence-electron chi connectivity index (χ3n) is 5.63. The molecule has 2 atom stereocenters. The van der Waals surface area contributed by atoms with Crippen LogP contribution in [0.1, 0.15) is 34.7 Å². The second kappa shape index (κ2) is 8.20. The Morgan fingerprint density at radius 2 is 1.72 bits per heavy atom. The summed E-state index contributed by atoms with van der Waals surface area (Å²) >= 11 is 5.78. The minimum Gasteiger partial charge on any atom is -0.459 e. The number of benzene rings is 2. The molecular formula is C26H22FN3OS. The largest absolute Gasteiger partial charge is 0.459 e. The molecule has 4 nitrogen and oxygen atoms in total. The fourth-order valence-electron chi connectivity index (χ4n) is 4.29. The summed E-state index contributed by atoms with van der Waals surface area (Å²) in [6.07, 6.45) is 1.78. The van der Waals surface area contributed by atoms with Crippen LogP contribution in [0.3, 0.4) is 0 Å². The quantitative estimate of drug-likeness (QED) is 0.376. The highest BCUT2D eigenvalue weighted by atomic mass is 32.1. The second-order valence-corrected chi connectivity index (χ2v) is 8.44. The van der Waals surface area contributed by atoms with Gasteiger partial charge in [-0.15, -0.1) is 0 Å². The van der Waals surface area contributed by atoms with Crippen molar-refractivity contribution in [1.29, 1.82) is 0 Å². The van der Waals surface area contributed by atoms with E-state index in [-0.39, 0.29) is 17.9 Å². The summed E-state index contributed by atoms with van der Waals surface area (Å²) < 4.78 is 19.7. The Labute approximate surface area is 191 Å². The summed E-state index contributed by atoms with van der Waals surface area (Å²) in [5.74, 6) is 1.16. The standard InChI is InChI=1S/C26H22FN3OS/c1-16-13-17(2)15-20(14-16)30-25(24(29-26(30)32)21-5-3-4-12-28-21)23-11-10-22(31-23)18-6-8-19(27)9-7-18/h3-15,24-25H,1-2H3,(H,29,32)/t24-,25-/m0/s1. The number of nitrogens with one attached hydrogen (secondary N) is 1. The highest BCUT2D eigenvalue weighted by molar-refractivity contribution is 7.80. The Hall–Kier alpha value is -3.51. The molecule has 0 spiro atoms. The van der Waals surface area contributed by atoms with E-state index >= 15 is 0 Å². The lowest BCUT2D eigenvalue weighted by Crippen LogP contribution is -2.29. The lowest BCUT2D eigenvalue weighted by atomic mass is 10.0. The van der Waals surface area contributed by atoms with E-state index in [2.05, 4.69) is 47.2 Å². The normalized spacial score (nSPS) is 18.1. The molecule has 1 aliphatic rings. The topological polar surface area (TPSA) is 41.3 Å². The molecule has 2 aromatic carbocycles. The van der Waals surface area contributed by atoms with E-state index in [1.165, 1.54) is 12.1 Å². The lowest BCUT2D eigenvalue weighted by Gasteiger charge is -2.26. The molecule has 4 aromatic rings. The van der Waals surface area contributed by atoms with Gasteiger partial charge in [0.15, 0.2) is 5.11 Å². The van der Waals surface area contributed by atoms with E-state index in [0.29, 0.717) is 10.9 Å². The monoisotopic (exact) mass is 443 g/mol. The Morgan fingerprint density at radius 1 is 0.969 bits per heavy atom. The molecule has 0 aliphatic carbocycles. The summed E-state index contributed by atoms with van der Waals surface area (Å²) in [5, 5.41) is 4.07. The van der Waals surface area contributed by atoms with Crippen LogP contribution in [0.5, 0.6) is 0 Å². The van der Waals surface area contributed by atoms with Gasteiger partial charge in [-0.25, -0.2) is 4.39 Å². The SMILES string of the molecule is Cc1cc(C)cc(N2C(=S)N[C@@H](c3ccccn3)[C@@H]2c2ccc(-c3ccc(F)cc3)o2)c1. The summed E-state index contributed by atoms with van der Waals surface area (Å²) in [7, 11) is 0.